The van der Waals surface area contributed by atoms with Crippen molar-refractivity contribution in [3.05, 3.63) is 71.3 Å². The fraction of sp³-hybridized carbons (Fsp3) is 0.250. The number of rotatable bonds is 3. The Morgan fingerprint density at radius 2 is 1.55 bits per heavy atom. The molecule has 0 saturated heterocycles. The number of aryl methyl sites for hydroxylation is 1. The number of amides is 1. The third kappa shape index (κ3) is 4.59. The zero-order valence-electron chi connectivity index (χ0n) is 13.7. The lowest BCUT2D eigenvalue weighted by Crippen LogP contribution is -2.10. The molecular weight excluding hydrogens is 270 g/mol. The highest BCUT2D eigenvalue weighted by Gasteiger charge is 2.12. The summed E-state index contributed by atoms with van der Waals surface area (Å²) in [5.41, 5.74) is 4.43. The molecule has 22 heavy (non-hydrogen) atoms. The van der Waals surface area contributed by atoms with E-state index in [1.165, 1.54) is 11.1 Å². The molecule has 0 fully saturated rings. The molecule has 0 bridgehead atoms. The van der Waals surface area contributed by atoms with Gasteiger partial charge in [0.2, 0.25) is 5.91 Å². The van der Waals surface area contributed by atoms with Gasteiger partial charge in [-0.2, -0.15) is 0 Å². The summed E-state index contributed by atoms with van der Waals surface area (Å²) in [5.74, 6) is -0.122. The van der Waals surface area contributed by atoms with Gasteiger partial charge in [0.15, 0.2) is 0 Å². The van der Waals surface area contributed by atoms with Crippen molar-refractivity contribution < 1.29 is 4.79 Å². The molecule has 0 aliphatic carbocycles. The van der Waals surface area contributed by atoms with Gasteiger partial charge in [-0.1, -0.05) is 62.7 Å². The van der Waals surface area contributed by atoms with Crippen LogP contribution in [0, 0.1) is 6.92 Å². The fourth-order valence-corrected chi connectivity index (χ4v) is 2.09. The van der Waals surface area contributed by atoms with Gasteiger partial charge in [-0.25, -0.2) is 0 Å². The molecule has 2 heteroatoms. The van der Waals surface area contributed by atoms with Crippen LogP contribution in [-0.2, 0) is 10.2 Å². The average Bonchev–Trinajstić information content (AvgIpc) is 2.47. The van der Waals surface area contributed by atoms with Gasteiger partial charge in [0.05, 0.1) is 0 Å². The van der Waals surface area contributed by atoms with E-state index in [-0.39, 0.29) is 11.3 Å². The van der Waals surface area contributed by atoms with E-state index in [9.17, 15) is 4.79 Å². The highest BCUT2D eigenvalue weighted by atomic mass is 16.1. The quantitative estimate of drug-likeness (QED) is 0.797. The van der Waals surface area contributed by atoms with Gasteiger partial charge in [0.1, 0.15) is 0 Å². The van der Waals surface area contributed by atoms with E-state index in [0.29, 0.717) is 0 Å². The Labute approximate surface area is 132 Å². The number of anilines is 1. The molecule has 0 aromatic heterocycles. The Hall–Kier alpha value is -2.35. The fourth-order valence-electron chi connectivity index (χ4n) is 2.09. The van der Waals surface area contributed by atoms with E-state index in [4.69, 9.17) is 0 Å². The molecule has 2 rings (SSSR count). The summed E-state index contributed by atoms with van der Waals surface area (Å²) in [6, 6.07) is 16.1. The van der Waals surface area contributed by atoms with Crippen LogP contribution in [0.25, 0.3) is 6.08 Å². The number of hydrogen-bond acceptors (Lipinski definition) is 1. The first-order valence-electron chi connectivity index (χ1n) is 7.51. The molecule has 0 aliphatic rings. The van der Waals surface area contributed by atoms with Crippen molar-refractivity contribution in [1.29, 1.82) is 0 Å². The van der Waals surface area contributed by atoms with Crippen LogP contribution in [0.4, 0.5) is 5.69 Å². The summed E-state index contributed by atoms with van der Waals surface area (Å²) in [5, 5.41) is 2.85. The van der Waals surface area contributed by atoms with Crippen LogP contribution in [0.2, 0.25) is 0 Å². The summed E-state index contributed by atoms with van der Waals surface area (Å²) in [4.78, 5) is 11.9. The van der Waals surface area contributed by atoms with Crippen LogP contribution < -0.4 is 5.32 Å². The molecule has 2 aromatic carbocycles. The number of benzene rings is 2. The van der Waals surface area contributed by atoms with E-state index in [1.54, 1.807) is 6.08 Å². The van der Waals surface area contributed by atoms with Crippen molar-refractivity contribution in [3.8, 4) is 0 Å². The standard InChI is InChI=1S/C20H23NO/c1-15-5-12-18(13-6-15)21-19(22)14-9-16-7-10-17(11-8-16)20(2,3)4/h5-14H,1-4H3,(H,21,22)/b14-9+. The summed E-state index contributed by atoms with van der Waals surface area (Å²) in [7, 11) is 0. The molecule has 114 valence electrons. The van der Waals surface area contributed by atoms with Crippen LogP contribution in [0.3, 0.4) is 0 Å². The van der Waals surface area contributed by atoms with Crippen LogP contribution in [0.1, 0.15) is 37.5 Å². The smallest absolute Gasteiger partial charge is 0.248 e. The first-order chi connectivity index (χ1) is 10.3. The third-order valence-corrected chi connectivity index (χ3v) is 3.52. The Morgan fingerprint density at radius 1 is 0.955 bits per heavy atom. The molecule has 0 saturated carbocycles. The zero-order chi connectivity index (χ0) is 16.2. The van der Waals surface area contributed by atoms with E-state index >= 15 is 0 Å². The number of carbonyl (C=O) groups is 1. The molecule has 1 N–H and O–H groups in total. The lowest BCUT2D eigenvalue weighted by molar-refractivity contribution is -0.111. The summed E-state index contributed by atoms with van der Waals surface area (Å²) >= 11 is 0. The molecule has 0 spiro atoms. The first kappa shape index (κ1) is 16.0. The maximum absolute atomic E-state index is 11.9. The minimum absolute atomic E-state index is 0.122. The lowest BCUT2D eigenvalue weighted by Gasteiger charge is -2.18. The molecule has 0 heterocycles. The Balaban J connectivity index is 1.99. The molecule has 0 unspecified atom stereocenters. The minimum Gasteiger partial charge on any atom is -0.323 e. The first-order valence-corrected chi connectivity index (χ1v) is 7.51. The largest absolute Gasteiger partial charge is 0.323 e. The molecule has 2 nitrogen and oxygen atoms in total. The number of hydrogen-bond donors (Lipinski definition) is 1. The van der Waals surface area contributed by atoms with E-state index < -0.39 is 0 Å². The second-order valence-corrected chi connectivity index (χ2v) is 6.56. The minimum atomic E-state index is -0.122. The monoisotopic (exact) mass is 293 g/mol. The second-order valence-electron chi connectivity index (χ2n) is 6.56. The average molecular weight is 293 g/mol. The van der Waals surface area contributed by atoms with Crippen molar-refractivity contribution >= 4 is 17.7 Å². The molecule has 2 aromatic rings. The lowest BCUT2D eigenvalue weighted by atomic mass is 9.87. The highest BCUT2D eigenvalue weighted by Crippen LogP contribution is 2.22. The van der Waals surface area contributed by atoms with E-state index in [2.05, 4.69) is 38.2 Å². The predicted octanol–water partition coefficient (Wildman–Crippen LogP) is 4.94. The molecule has 0 aliphatic heterocycles. The molecule has 0 atom stereocenters. The molecular formula is C20H23NO. The van der Waals surface area contributed by atoms with Crippen molar-refractivity contribution in [3.63, 3.8) is 0 Å². The number of carbonyl (C=O) groups excluding carboxylic acids is 1. The summed E-state index contributed by atoms with van der Waals surface area (Å²) in [6.07, 6.45) is 3.39. The Bertz CT molecular complexity index is 658. The van der Waals surface area contributed by atoms with Crippen LogP contribution in [-0.4, -0.2) is 5.91 Å². The Kier molecular flexibility index (Phi) is 4.81. The molecule has 0 radical (unpaired) electrons. The topological polar surface area (TPSA) is 29.1 Å². The van der Waals surface area contributed by atoms with E-state index in [0.717, 1.165) is 11.3 Å². The van der Waals surface area contributed by atoms with Crippen molar-refractivity contribution in [1.82, 2.24) is 0 Å². The van der Waals surface area contributed by atoms with Gasteiger partial charge in [0, 0.05) is 11.8 Å². The second kappa shape index (κ2) is 6.61. The summed E-state index contributed by atoms with van der Waals surface area (Å²) in [6.45, 7) is 8.58. The van der Waals surface area contributed by atoms with Gasteiger partial charge in [-0.05, 0) is 41.7 Å². The van der Waals surface area contributed by atoms with Crippen LogP contribution in [0.5, 0.6) is 0 Å². The van der Waals surface area contributed by atoms with Gasteiger partial charge in [0.25, 0.3) is 0 Å². The number of nitrogens with one attached hydrogen (secondary N) is 1. The van der Waals surface area contributed by atoms with Gasteiger partial charge >= 0.3 is 0 Å². The summed E-state index contributed by atoms with van der Waals surface area (Å²) < 4.78 is 0. The van der Waals surface area contributed by atoms with Crippen LogP contribution >= 0.6 is 0 Å². The van der Waals surface area contributed by atoms with E-state index in [1.807, 2.05) is 49.4 Å². The third-order valence-electron chi connectivity index (χ3n) is 3.52. The Morgan fingerprint density at radius 3 is 2.09 bits per heavy atom. The van der Waals surface area contributed by atoms with Crippen molar-refractivity contribution in [2.24, 2.45) is 0 Å². The normalized spacial score (nSPS) is 11.6. The van der Waals surface area contributed by atoms with Gasteiger partial charge in [-0.3, -0.25) is 4.79 Å². The van der Waals surface area contributed by atoms with Crippen molar-refractivity contribution in [2.75, 3.05) is 5.32 Å². The van der Waals surface area contributed by atoms with Crippen LogP contribution in [0.15, 0.2) is 54.6 Å². The SMILES string of the molecule is Cc1ccc(NC(=O)/C=C/c2ccc(C(C)(C)C)cc2)cc1. The maximum atomic E-state index is 11.9. The van der Waals surface area contributed by atoms with Crippen molar-refractivity contribution in [2.45, 2.75) is 33.1 Å². The highest BCUT2D eigenvalue weighted by molar-refractivity contribution is 6.01. The maximum Gasteiger partial charge on any atom is 0.248 e. The van der Waals surface area contributed by atoms with Gasteiger partial charge in [-0.15, -0.1) is 0 Å². The predicted molar refractivity (Wildman–Crippen MR) is 94.0 cm³/mol. The molecule has 1 amide bonds. The van der Waals surface area contributed by atoms with Gasteiger partial charge < -0.3 is 5.32 Å². The zero-order valence-corrected chi connectivity index (χ0v) is 13.7.